The summed E-state index contributed by atoms with van der Waals surface area (Å²) < 4.78 is 5.37. The summed E-state index contributed by atoms with van der Waals surface area (Å²) in [6.07, 6.45) is 14.3. The molecular formula is C24H29N3O2. The minimum Gasteiger partial charge on any atom is -0.497 e. The molecule has 0 bridgehead atoms. The number of aromatic nitrogens is 1. The topological polar surface area (TPSA) is 91.2 Å². The summed E-state index contributed by atoms with van der Waals surface area (Å²) >= 11 is 0. The minimum atomic E-state index is -0.291. The summed E-state index contributed by atoms with van der Waals surface area (Å²) in [7, 11) is 1.65. The van der Waals surface area contributed by atoms with Crippen molar-refractivity contribution >= 4 is 22.9 Å². The molecule has 5 nitrogen and oxygen atoms in total. The quantitative estimate of drug-likeness (QED) is 0.703. The lowest BCUT2D eigenvalue weighted by Crippen LogP contribution is -2.34. The molecule has 1 fully saturated rings. The number of nitrogens with two attached hydrogens (primary N) is 2. The third-order valence-corrected chi connectivity index (χ3v) is 5.50. The Balaban J connectivity index is 1.92. The molecule has 3 rings (SSSR count). The normalized spacial score (nSPS) is 22.4. The Morgan fingerprint density at radius 1 is 1.21 bits per heavy atom. The van der Waals surface area contributed by atoms with Crippen molar-refractivity contribution in [3.8, 4) is 5.75 Å². The molecule has 3 atom stereocenters. The maximum absolute atomic E-state index is 11.6. The van der Waals surface area contributed by atoms with Gasteiger partial charge in [-0.05, 0) is 61.9 Å². The smallest absolute Gasteiger partial charge is 0.222 e. The molecule has 1 aromatic carbocycles. The lowest BCUT2D eigenvalue weighted by Gasteiger charge is -2.14. The number of methoxy groups -OCH3 is 1. The van der Waals surface area contributed by atoms with Crippen LogP contribution >= 0.6 is 0 Å². The van der Waals surface area contributed by atoms with Crippen LogP contribution in [0.2, 0.25) is 0 Å². The Morgan fingerprint density at radius 3 is 2.69 bits per heavy atom. The van der Waals surface area contributed by atoms with Crippen molar-refractivity contribution in [1.29, 1.82) is 0 Å². The Kier molecular flexibility index (Phi) is 6.83. The highest BCUT2D eigenvalue weighted by Gasteiger charge is 2.35. The van der Waals surface area contributed by atoms with Crippen LogP contribution in [0.4, 0.5) is 0 Å². The molecular weight excluding hydrogens is 362 g/mol. The Labute approximate surface area is 172 Å². The van der Waals surface area contributed by atoms with Crippen molar-refractivity contribution in [2.24, 2.45) is 23.3 Å². The van der Waals surface area contributed by atoms with Gasteiger partial charge in [0.2, 0.25) is 5.91 Å². The highest BCUT2D eigenvalue weighted by atomic mass is 16.5. The number of hydrogen-bond acceptors (Lipinski definition) is 4. The summed E-state index contributed by atoms with van der Waals surface area (Å²) in [5.74, 6) is 0.591. The van der Waals surface area contributed by atoms with Crippen LogP contribution < -0.4 is 16.2 Å². The Bertz CT molecular complexity index is 962. The molecule has 1 unspecified atom stereocenters. The van der Waals surface area contributed by atoms with Gasteiger partial charge in [0.05, 0.1) is 24.2 Å². The fraction of sp³-hybridized carbons (Fsp3) is 0.333. The zero-order valence-electron chi connectivity index (χ0n) is 17.0. The molecule has 29 heavy (non-hydrogen) atoms. The van der Waals surface area contributed by atoms with Crippen molar-refractivity contribution in [2.75, 3.05) is 7.11 Å². The Hall–Kier alpha value is -2.92. The van der Waals surface area contributed by atoms with E-state index in [1.165, 1.54) is 5.56 Å². The first-order valence-electron chi connectivity index (χ1n) is 10.0. The van der Waals surface area contributed by atoms with Crippen LogP contribution in [-0.4, -0.2) is 24.0 Å². The number of nitrogens with zero attached hydrogens (tertiary/aromatic N) is 1. The zero-order chi connectivity index (χ0) is 20.8. The number of primary amides is 1. The Morgan fingerprint density at radius 2 is 2.00 bits per heavy atom. The van der Waals surface area contributed by atoms with Gasteiger partial charge < -0.3 is 16.2 Å². The van der Waals surface area contributed by atoms with E-state index in [2.05, 4.69) is 12.1 Å². The van der Waals surface area contributed by atoms with Gasteiger partial charge in [0, 0.05) is 17.5 Å². The van der Waals surface area contributed by atoms with E-state index in [4.69, 9.17) is 21.2 Å². The first-order valence-corrected chi connectivity index (χ1v) is 10.0. The molecule has 0 radical (unpaired) electrons. The lowest BCUT2D eigenvalue weighted by molar-refractivity contribution is -0.122. The number of fused-ring (bicyclic) bond motifs is 1. The van der Waals surface area contributed by atoms with E-state index in [1.807, 2.05) is 55.5 Å². The van der Waals surface area contributed by atoms with Gasteiger partial charge in [-0.3, -0.25) is 4.79 Å². The molecule has 1 heterocycles. The molecule has 1 aliphatic rings. The SMILES string of the molecule is C\C=C/C=C\C=C\c1cc(CC2C[C@H](N)[C@H](C(N)=O)C2)c2ccc(OC)cc2n1. The predicted octanol–water partition coefficient (Wildman–Crippen LogP) is 3.77. The van der Waals surface area contributed by atoms with Crippen molar-refractivity contribution in [3.63, 3.8) is 0 Å². The van der Waals surface area contributed by atoms with Crippen LogP contribution in [0.25, 0.3) is 17.0 Å². The maximum atomic E-state index is 11.6. The summed E-state index contributed by atoms with van der Waals surface area (Å²) in [5, 5.41) is 1.10. The van der Waals surface area contributed by atoms with Gasteiger partial charge in [0.15, 0.2) is 0 Å². The fourth-order valence-electron chi connectivity index (χ4n) is 4.06. The largest absolute Gasteiger partial charge is 0.497 e. The van der Waals surface area contributed by atoms with E-state index in [1.54, 1.807) is 7.11 Å². The molecule has 152 valence electrons. The van der Waals surface area contributed by atoms with Crippen LogP contribution in [0.1, 0.15) is 31.0 Å². The maximum Gasteiger partial charge on any atom is 0.222 e. The number of carbonyl (C=O) groups excluding carboxylic acids is 1. The van der Waals surface area contributed by atoms with Gasteiger partial charge >= 0.3 is 0 Å². The minimum absolute atomic E-state index is 0.151. The third kappa shape index (κ3) is 5.12. The number of hydrogen-bond donors (Lipinski definition) is 2. The van der Waals surface area contributed by atoms with Crippen molar-refractivity contribution in [3.05, 3.63) is 65.9 Å². The molecule has 1 saturated carbocycles. The first-order chi connectivity index (χ1) is 14.0. The fourth-order valence-corrected chi connectivity index (χ4v) is 4.06. The summed E-state index contributed by atoms with van der Waals surface area (Å²) in [5.41, 5.74) is 14.7. The molecule has 1 aromatic heterocycles. The number of allylic oxidation sites excluding steroid dienone is 5. The molecule has 2 aromatic rings. The van der Waals surface area contributed by atoms with Crippen LogP contribution in [0.15, 0.2) is 54.6 Å². The summed E-state index contributed by atoms with van der Waals surface area (Å²) in [6, 6.07) is 7.93. The molecule has 0 saturated heterocycles. The van der Waals surface area contributed by atoms with Gasteiger partial charge in [-0.25, -0.2) is 4.98 Å². The second-order valence-corrected chi connectivity index (χ2v) is 7.57. The monoisotopic (exact) mass is 391 g/mol. The third-order valence-electron chi connectivity index (χ3n) is 5.50. The summed E-state index contributed by atoms with van der Waals surface area (Å²) in [6.45, 7) is 1.98. The highest BCUT2D eigenvalue weighted by molar-refractivity contribution is 5.85. The molecule has 0 spiro atoms. The standard InChI is InChI=1S/C24H29N3O2/c1-3-4-5-6-7-8-18-14-17(11-16-12-21(24(26)28)22(25)13-16)20-10-9-19(29-2)15-23(20)27-18/h3-10,14-16,21-22H,11-13,25H2,1-2H3,(H2,26,28)/b4-3-,6-5-,8-7+/t16?,21-,22+/m1/s1. The van der Waals surface area contributed by atoms with E-state index in [-0.39, 0.29) is 17.9 Å². The molecule has 4 N–H and O–H groups in total. The van der Waals surface area contributed by atoms with E-state index in [0.717, 1.165) is 41.6 Å². The van der Waals surface area contributed by atoms with E-state index >= 15 is 0 Å². The van der Waals surface area contributed by atoms with Gasteiger partial charge in [-0.2, -0.15) is 0 Å². The van der Waals surface area contributed by atoms with Gasteiger partial charge in [0.1, 0.15) is 5.75 Å². The van der Waals surface area contributed by atoms with Crippen LogP contribution in [-0.2, 0) is 11.2 Å². The zero-order valence-corrected chi connectivity index (χ0v) is 17.0. The second kappa shape index (κ2) is 9.52. The number of pyridine rings is 1. The second-order valence-electron chi connectivity index (χ2n) is 7.57. The van der Waals surface area contributed by atoms with Gasteiger partial charge in [0.25, 0.3) is 0 Å². The van der Waals surface area contributed by atoms with Crippen LogP contribution in [0.5, 0.6) is 5.75 Å². The average Bonchev–Trinajstić information content (AvgIpc) is 3.07. The van der Waals surface area contributed by atoms with Crippen molar-refractivity contribution in [1.82, 2.24) is 4.98 Å². The molecule has 5 heteroatoms. The number of ether oxygens (including phenoxy) is 1. The van der Waals surface area contributed by atoms with E-state index in [9.17, 15) is 4.79 Å². The van der Waals surface area contributed by atoms with Crippen molar-refractivity contribution < 1.29 is 9.53 Å². The van der Waals surface area contributed by atoms with Gasteiger partial charge in [-0.15, -0.1) is 0 Å². The lowest BCUT2D eigenvalue weighted by atomic mass is 9.93. The number of benzene rings is 1. The highest BCUT2D eigenvalue weighted by Crippen LogP contribution is 2.34. The number of carbonyl (C=O) groups is 1. The van der Waals surface area contributed by atoms with Gasteiger partial charge in [-0.1, -0.05) is 30.4 Å². The van der Waals surface area contributed by atoms with E-state index in [0.29, 0.717) is 5.92 Å². The van der Waals surface area contributed by atoms with Crippen LogP contribution in [0, 0.1) is 11.8 Å². The van der Waals surface area contributed by atoms with Crippen LogP contribution in [0.3, 0.4) is 0 Å². The summed E-state index contributed by atoms with van der Waals surface area (Å²) in [4.78, 5) is 16.4. The average molecular weight is 392 g/mol. The molecule has 1 amide bonds. The van der Waals surface area contributed by atoms with E-state index < -0.39 is 0 Å². The first kappa shape index (κ1) is 20.8. The molecule has 0 aliphatic heterocycles. The number of amides is 1. The molecule has 1 aliphatic carbocycles. The number of rotatable bonds is 7. The van der Waals surface area contributed by atoms with Crippen molar-refractivity contribution in [2.45, 2.75) is 32.2 Å². The predicted molar refractivity (Wildman–Crippen MR) is 118 cm³/mol.